The van der Waals surface area contributed by atoms with Gasteiger partial charge in [-0.3, -0.25) is 0 Å². The van der Waals surface area contributed by atoms with Gasteiger partial charge in [0.2, 0.25) is 0 Å². The number of hydrogen-bond donors (Lipinski definition) is 1. The lowest BCUT2D eigenvalue weighted by atomic mass is 10.3. The van der Waals surface area contributed by atoms with Crippen LogP contribution in [0.2, 0.25) is 0 Å². The summed E-state index contributed by atoms with van der Waals surface area (Å²) in [7, 11) is 3.17. The predicted octanol–water partition coefficient (Wildman–Crippen LogP) is 1.54. The van der Waals surface area contributed by atoms with Crippen molar-refractivity contribution in [1.29, 1.82) is 0 Å². The second kappa shape index (κ2) is 3.94. The van der Waals surface area contributed by atoms with E-state index in [0.29, 0.717) is 0 Å². The third-order valence-electron chi connectivity index (χ3n) is 1.54. The first-order valence-corrected chi connectivity index (χ1v) is 3.47. The van der Waals surface area contributed by atoms with Crippen molar-refractivity contribution in [3.05, 3.63) is 24.3 Å². The van der Waals surface area contributed by atoms with Crippen molar-refractivity contribution in [2.24, 2.45) is 0 Å². The molecule has 1 rings (SSSR count). The Balaban J connectivity index is 2.86. The number of methoxy groups -OCH3 is 1. The van der Waals surface area contributed by atoms with Gasteiger partial charge < -0.3 is 4.74 Å². The van der Waals surface area contributed by atoms with Crippen LogP contribution in [-0.2, 0) is 4.99 Å². The van der Waals surface area contributed by atoms with Crippen LogP contribution in [0.1, 0.15) is 0 Å². The van der Waals surface area contributed by atoms with Gasteiger partial charge in [0.25, 0.3) is 0 Å². The molecule has 1 N–H and O–H groups in total. The van der Waals surface area contributed by atoms with Gasteiger partial charge in [-0.2, -0.15) is 0 Å². The van der Waals surface area contributed by atoms with Crippen molar-refractivity contribution in [1.82, 2.24) is 0 Å². The van der Waals surface area contributed by atoms with Crippen molar-refractivity contribution >= 4 is 5.69 Å². The summed E-state index contributed by atoms with van der Waals surface area (Å²) in [5.41, 5.74) is 0.719. The average Bonchev–Trinajstić information content (AvgIpc) is 2.17. The normalized spacial score (nSPS) is 9.58. The average molecular weight is 169 g/mol. The minimum absolute atomic E-state index is 0.719. The molecule has 66 valence electrons. The van der Waals surface area contributed by atoms with Crippen LogP contribution in [0, 0.1) is 0 Å². The molecule has 0 fully saturated rings. The van der Waals surface area contributed by atoms with Crippen molar-refractivity contribution in [3.8, 4) is 5.75 Å². The first-order chi connectivity index (χ1) is 5.77. The van der Waals surface area contributed by atoms with Gasteiger partial charge in [-0.25, -0.2) is 10.3 Å². The molecule has 0 heterocycles. The molecular formula is C8H11NO3. The Bertz CT molecular complexity index is 252. The summed E-state index contributed by atoms with van der Waals surface area (Å²) in [6.45, 7) is 0. The molecule has 1 aromatic carbocycles. The van der Waals surface area contributed by atoms with E-state index in [9.17, 15) is 0 Å². The Kier molecular flexibility index (Phi) is 2.90. The molecule has 0 unspecified atom stereocenters. The summed E-state index contributed by atoms with van der Waals surface area (Å²) in [5.74, 6) is 0.719. The zero-order chi connectivity index (χ0) is 8.97. The predicted molar refractivity (Wildman–Crippen MR) is 45.1 cm³/mol. The van der Waals surface area contributed by atoms with E-state index in [-0.39, 0.29) is 0 Å². The Morgan fingerprint density at radius 3 is 2.75 bits per heavy atom. The van der Waals surface area contributed by atoms with E-state index in [1.54, 1.807) is 26.3 Å². The standard InChI is InChI=1S/C8H11NO3/c1-9(12-10)7-4-3-5-8(6-7)11-2/h3-6,10H,1-2H3. The van der Waals surface area contributed by atoms with Crippen LogP contribution in [0.5, 0.6) is 5.75 Å². The molecule has 0 spiro atoms. The highest BCUT2D eigenvalue weighted by Crippen LogP contribution is 2.19. The minimum Gasteiger partial charge on any atom is -0.497 e. The summed E-state index contributed by atoms with van der Waals surface area (Å²) in [6.07, 6.45) is 0. The number of benzene rings is 1. The second-order valence-electron chi connectivity index (χ2n) is 2.28. The van der Waals surface area contributed by atoms with Crippen LogP contribution in [0.15, 0.2) is 24.3 Å². The molecule has 0 aliphatic rings. The molecule has 0 aromatic heterocycles. The van der Waals surface area contributed by atoms with Gasteiger partial charge in [0.1, 0.15) is 5.75 Å². The van der Waals surface area contributed by atoms with E-state index in [1.807, 2.05) is 12.1 Å². The molecule has 4 heteroatoms. The third kappa shape index (κ3) is 1.87. The Hall–Kier alpha value is -1.26. The zero-order valence-electron chi connectivity index (χ0n) is 7.02. The second-order valence-corrected chi connectivity index (χ2v) is 2.28. The van der Waals surface area contributed by atoms with Gasteiger partial charge in [0.05, 0.1) is 12.8 Å². The fraction of sp³-hybridized carbons (Fsp3) is 0.250. The van der Waals surface area contributed by atoms with E-state index < -0.39 is 0 Å². The molecule has 0 aliphatic carbocycles. The van der Waals surface area contributed by atoms with Crippen molar-refractivity contribution in [2.75, 3.05) is 19.2 Å². The molecule has 1 aromatic rings. The van der Waals surface area contributed by atoms with Crippen molar-refractivity contribution in [2.45, 2.75) is 0 Å². The topological polar surface area (TPSA) is 41.9 Å². The first-order valence-electron chi connectivity index (χ1n) is 3.47. The summed E-state index contributed by atoms with van der Waals surface area (Å²) in [5, 5.41) is 9.56. The monoisotopic (exact) mass is 169 g/mol. The number of nitrogens with zero attached hydrogens (tertiary/aromatic N) is 1. The first kappa shape index (κ1) is 8.83. The van der Waals surface area contributed by atoms with E-state index in [2.05, 4.69) is 4.99 Å². The molecular weight excluding hydrogens is 158 g/mol. The highest BCUT2D eigenvalue weighted by Gasteiger charge is 2.00. The number of hydrogen-bond acceptors (Lipinski definition) is 4. The minimum atomic E-state index is 0.719. The lowest BCUT2D eigenvalue weighted by Crippen LogP contribution is -2.14. The maximum Gasteiger partial charge on any atom is 0.121 e. The molecule has 0 saturated carbocycles. The largest absolute Gasteiger partial charge is 0.497 e. The Morgan fingerprint density at radius 2 is 2.17 bits per heavy atom. The molecule has 0 amide bonds. The molecule has 12 heavy (non-hydrogen) atoms. The van der Waals surface area contributed by atoms with Gasteiger partial charge in [-0.05, 0) is 12.1 Å². The Morgan fingerprint density at radius 1 is 1.42 bits per heavy atom. The molecule has 0 radical (unpaired) electrons. The number of ether oxygens (including phenoxy) is 1. The van der Waals surface area contributed by atoms with Gasteiger partial charge in [-0.15, -0.1) is 4.99 Å². The van der Waals surface area contributed by atoms with Crippen LogP contribution in [-0.4, -0.2) is 19.4 Å². The van der Waals surface area contributed by atoms with E-state index in [0.717, 1.165) is 11.4 Å². The summed E-state index contributed by atoms with van der Waals surface area (Å²) in [4.78, 5) is 4.01. The number of anilines is 1. The summed E-state index contributed by atoms with van der Waals surface area (Å²) < 4.78 is 4.99. The lowest BCUT2D eigenvalue weighted by Gasteiger charge is -2.13. The van der Waals surface area contributed by atoms with Crippen LogP contribution < -0.4 is 9.80 Å². The molecule has 0 saturated heterocycles. The number of rotatable bonds is 3. The van der Waals surface area contributed by atoms with Crippen LogP contribution in [0.25, 0.3) is 0 Å². The number of hydroxylamine groups is 1. The van der Waals surface area contributed by atoms with Crippen LogP contribution in [0.4, 0.5) is 5.69 Å². The zero-order valence-corrected chi connectivity index (χ0v) is 7.02. The SMILES string of the molecule is COc1cccc(N(C)OO)c1. The molecule has 0 atom stereocenters. The van der Waals surface area contributed by atoms with Crippen molar-refractivity contribution < 1.29 is 15.0 Å². The smallest absolute Gasteiger partial charge is 0.121 e. The van der Waals surface area contributed by atoms with Gasteiger partial charge in [0, 0.05) is 13.1 Å². The van der Waals surface area contributed by atoms with E-state index in [1.165, 1.54) is 5.06 Å². The summed E-state index contributed by atoms with van der Waals surface area (Å²) >= 11 is 0. The fourth-order valence-corrected chi connectivity index (χ4v) is 0.853. The molecule has 4 nitrogen and oxygen atoms in total. The van der Waals surface area contributed by atoms with Gasteiger partial charge in [0.15, 0.2) is 0 Å². The van der Waals surface area contributed by atoms with Crippen LogP contribution in [0.3, 0.4) is 0 Å². The molecule has 0 aliphatic heterocycles. The Labute approximate surface area is 70.8 Å². The van der Waals surface area contributed by atoms with Gasteiger partial charge in [-0.1, -0.05) is 6.07 Å². The highest BCUT2D eigenvalue weighted by atomic mass is 17.2. The van der Waals surface area contributed by atoms with Crippen molar-refractivity contribution in [3.63, 3.8) is 0 Å². The maximum absolute atomic E-state index is 8.34. The highest BCUT2D eigenvalue weighted by molar-refractivity contribution is 5.47. The molecule has 0 bridgehead atoms. The third-order valence-corrected chi connectivity index (χ3v) is 1.54. The fourth-order valence-electron chi connectivity index (χ4n) is 0.853. The quantitative estimate of drug-likeness (QED) is 0.550. The van der Waals surface area contributed by atoms with Crippen LogP contribution >= 0.6 is 0 Å². The van der Waals surface area contributed by atoms with E-state index in [4.69, 9.17) is 9.99 Å². The maximum atomic E-state index is 8.34. The van der Waals surface area contributed by atoms with Gasteiger partial charge >= 0.3 is 0 Å². The lowest BCUT2D eigenvalue weighted by molar-refractivity contribution is -0.249. The summed E-state index contributed by atoms with van der Waals surface area (Å²) in [6, 6.07) is 7.16. The van der Waals surface area contributed by atoms with E-state index >= 15 is 0 Å².